The third-order valence-corrected chi connectivity index (χ3v) is 8.75. The van der Waals surface area contributed by atoms with Crippen LogP contribution >= 0.6 is 0 Å². The van der Waals surface area contributed by atoms with Crippen LogP contribution in [0.5, 0.6) is 0 Å². The highest BCUT2D eigenvalue weighted by Crippen LogP contribution is 2.25. The maximum absolute atomic E-state index is 12.3. The molecule has 0 aliphatic carbocycles. The van der Waals surface area contributed by atoms with Gasteiger partial charge in [0.05, 0.1) is 25.8 Å². The quantitative estimate of drug-likeness (QED) is 0.607. The van der Waals surface area contributed by atoms with Gasteiger partial charge in [-0.15, -0.1) is 0 Å². The zero-order chi connectivity index (χ0) is 12.7. The Hall–Kier alpha value is -0.0831. The summed E-state index contributed by atoms with van der Waals surface area (Å²) in [4.78, 5) is 0. The van der Waals surface area contributed by atoms with Gasteiger partial charge in [-0.3, -0.25) is 13.2 Å². The van der Waals surface area contributed by atoms with Crippen LogP contribution in [-0.4, -0.2) is 42.5 Å². The molecule has 0 aromatic rings. The third-order valence-electron chi connectivity index (χ3n) is 2.31. The van der Waals surface area contributed by atoms with Gasteiger partial charge in [0.25, 0.3) is 10.1 Å². The van der Waals surface area contributed by atoms with E-state index in [1.54, 1.807) is 0 Å². The fourth-order valence-electron chi connectivity index (χ4n) is 1.34. The molecule has 0 atom stereocenters. The average molecular weight is 278 g/mol. The molecule has 0 unspecified atom stereocenters. The van der Waals surface area contributed by atoms with Crippen LogP contribution in [0.4, 0.5) is 13.2 Å². The number of rotatable bonds is 9. The molecule has 0 saturated heterocycles. The van der Waals surface area contributed by atoms with Gasteiger partial charge in [0, 0.05) is 0 Å². The molecule has 16 heavy (non-hydrogen) atoms. The largest absolute Gasteiger partial charge is 0.314 e. The molecule has 0 saturated carbocycles. The van der Waals surface area contributed by atoms with E-state index in [9.17, 15) is 21.6 Å². The summed E-state index contributed by atoms with van der Waals surface area (Å²) in [6.07, 6.45) is 0. The Morgan fingerprint density at radius 1 is 1.00 bits per heavy atom. The van der Waals surface area contributed by atoms with Crippen molar-refractivity contribution in [3.8, 4) is 0 Å². The first-order valence-corrected chi connectivity index (χ1v) is 9.17. The number of alkyl halides is 3. The lowest BCUT2D eigenvalue weighted by molar-refractivity contribution is 0.428. The summed E-state index contributed by atoms with van der Waals surface area (Å²) in [6, 6.07) is -0.541. The standard InChI is InChI=1S/C8H17F3O3SSi/c1-2-15(12,13)14-16(6-3-9,7-4-10)8-5-11/h2-8H2,1H3. The Balaban J connectivity index is 4.85. The van der Waals surface area contributed by atoms with E-state index in [4.69, 9.17) is 3.87 Å². The monoisotopic (exact) mass is 278 g/mol. The summed E-state index contributed by atoms with van der Waals surface area (Å²) in [6.45, 7) is -1.07. The lowest BCUT2D eigenvalue weighted by atomic mass is 10.9. The fraction of sp³-hybridized carbons (Fsp3) is 1.00. The molecule has 0 spiro atoms. The smallest absolute Gasteiger partial charge is 0.257 e. The zero-order valence-corrected chi connectivity index (χ0v) is 11.0. The van der Waals surface area contributed by atoms with Gasteiger partial charge in [-0.1, -0.05) is 0 Å². The van der Waals surface area contributed by atoms with Crippen LogP contribution in [0.1, 0.15) is 6.92 Å². The van der Waals surface area contributed by atoms with Gasteiger partial charge in [0.15, 0.2) is 0 Å². The van der Waals surface area contributed by atoms with Crippen molar-refractivity contribution in [2.75, 3.05) is 25.8 Å². The van der Waals surface area contributed by atoms with Crippen molar-refractivity contribution < 1.29 is 25.5 Å². The van der Waals surface area contributed by atoms with E-state index in [1.807, 2.05) is 0 Å². The van der Waals surface area contributed by atoms with E-state index in [0.717, 1.165) is 0 Å². The van der Waals surface area contributed by atoms with E-state index in [1.165, 1.54) is 6.92 Å². The molecule has 0 aliphatic heterocycles. The van der Waals surface area contributed by atoms with Crippen LogP contribution in [-0.2, 0) is 14.0 Å². The van der Waals surface area contributed by atoms with Crippen LogP contribution in [0.2, 0.25) is 18.1 Å². The van der Waals surface area contributed by atoms with Crippen LogP contribution in [0.15, 0.2) is 0 Å². The van der Waals surface area contributed by atoms with E-state index in [0.29, 0.717) is 0 Å². The van der Waals surface area contributed by atoms with Crippen molar-refractivity contribution in [3.05, 3.63) is 0 Å². The molecule has 0 aromatic heterocycles. The molecule has 0 aliphatic rings. The van der Waals surface area contributed by atoms with E-state index in [2.05, 4.69) is 0 Å². The Labute approximate surface area is 95.2 Å². The maximum atomic E-state index is 12.3. The predicted octanol–water partition coefficient (Wildman–Crippen LogP) is 2.21. The molecule has 8 heteroatoms. The van der Waals surface area contributed by atoms with Crippen molar-refractivity contribution in [1.82, 2.24) is 0 Å². The lowest BCUT2D eigenvalue weighted by Gasteiger charge is -2.27. The second kappa shape index (κ2) is 7.28. The summed E-state index contributed by atoms with van der Waals surface area (Å²) in [7, 11) is -6.95. The first-order valence-electron chi connectivity index (χ1n) is 5.06. The van der Waals surface area contributed by atoms with Crippen molar-refractivity contribution in [2.45, 2.75) is 25.1 Å². The van der Waals surface area contributed by atoms with Crippen LogP contribution in [0, 0.1) is 0 Å². The Morgan fingerprint density at radius 3 is 1.62 bits per heavy atom. The summed E-state index contributed by atoms with van der Waals surface area (Å²) >= 11 is 0. The minimum absolute atomic E-state index is 0.180. The molecule has 98 valence electrons. The normalized spacial score (nSPS) is 13.0. The minimum atomic E-state index is -3.78. The number of hydrogen-bond acceptors (Lipinski definition) is 3. The highest BCUT2D eigenvalue weighted by Gasteiger charge is 2.38. The van der Waals surface area contributed by atoms with Crippen molar-refractivity contribution in [3.63, 3.8) is 0 Å². The second-order valence-electron chi connectivity index (χ2n) is 3.43. The lowest BCUT2D eigenvalue weighted by Crippen LogP contribution is -2.42. The van der Waals surface area contributed by atoms with Crippen molar-refractivity contribution in [2.24, 2.45) is 0 Å². The molecule has 0 amide bonds. The highest BCUT2D eigenvalue weighted by molar-refractivity contribution is 7.87. The van der Waals surface area contributed by atoms with Gasteiger partial charge < -0.3 is 3.87 Å². The summed E-state index contributed by atoms with van der Waals surface area (Å²) in [5, 5.41) is 0. The van der Waals surface area contributed by atoms with Gasteiger partial charge in [0.1, 0.15) is 0 Å². The molecular weight excluding hydrogens is 261 g/mol. The Bertz CT molecular complexity index is 267. The Kier molecular flexibility index (Phi) is 7.25. The van der Waals surface area contributed by atoms with E-state index < -0.39 is 38.5 Å². The van der Waals surface area contributed by atoms with E-state index >= 15 is 0 Å². The van der Waals surface area contributed by atoms with Crippen LogP contribution in [0.25, 0.3) is 0 Å². The van der Waals surface area contributed by atoms with Gasteiger partial charge >= 0.3 is 0 Å². The summed E-state index contributed by atoms with van der Waals surface area (Å²) in [5.41, 5.74) is 0. The molecule has 0 rings (SSSR count). The highest BCUT2D eigenvalue weighted by atomic mass is 32.2. The topological polar surface area (TPSA) is 43.4 Å². The van der Waals surface area contributed by atoms with Crippen molar-refractivity contribution in [1.29, 1.82) is 0 Å². The van der Waals surface area contributed by atoms with Gasteiger partial charge in [0.2, 0.25) is 8.32 Å². The SMILES string of the molecule is CCS(=O)(=O)O[Si](CCF)(CCF)CCF. The average Bonchev–Trinajstić information content (AvgIpc) is 2.18. The van der Waals surface area contributed by atoms with Crippen molar-refractivity contribution >= 4 is 18.4 Å². The third kappa shape index (κ3) is 5.31. The van der Waals surface area contributed by atoms with Crippen LogP contribution in [0.3, 0.4) is 0 Å². The molecule has 3 nitrogen and oxygen atoms in total. The first kappa shape index (κ1) is 15.9. The maximum Gasteiger partial charge on any atom is 0.257 e. The first-order chi connectivity index (χ1) is 7.45. The minimum Gasteiger partial charge on any atom is -0.314 e. The summed E-state index contributed by atoms with van der Waals surface area (Å²) < 4.78 is 64.4. The van der Waals surface area contributed by atoms with Gasteiger partial charge in [-0.05, 0) is 25.1 Å². The van der Waals surface area contributed by atoms with Crippen LogP contribution < -0.4 is 0 Å². The molecule has 0 heterocycles. The van der Waals surface area contributed by atoms with Gasteiger partial charge in [-0.25, -0.2) is 8.42 Å². The molecule has 0 aromatic carbocycles. The molecule has 0 bridgehead atoms. The second-order valence-corrected chi connectivity index (χ2v) is 9.66. The molecule has 0 fully saturated rings. The van der Waals surface area contributed by atoms with E-state index in [-0.39, 0.29) is 23.9 Å². The fourth-order valence-corrected chi connectivity index (χ4v) is 6.75. The molecule has 0 radical (unpaired) electrons. The molecular formula is C8H17F3O3SSi. The zero-order valence-electron chi connectivity index (χ0n) is 9.22. The molecule has 0 N–H and O–H groups in total. The van der Waals surface area contributed by atoms with Gasteiger partial charge in [-0.2, -0.15) is 0 Å². The predicted molar refractivity (Wildman–Crippen MR) is 58.6 cm³/mol. The summed E-state index contributed by atoms with van der Waals surface area (Å²) in [5.74, 6) is -0.271. The number of halogens is 3. The number of hydrogen-bond donors (Lipinski definition) is 0. The Morgan fingerprint density at radius 2 is 1.38 bits per heavy atom.